The van der Waals surface area contributed by atoms with Crippen LogP contribution in [-0.4, -0.2) is 23.7 Å². The first-order chi connectivity index (χ1) is 17.3. The van der Waals surface area contributed by atoms with Crippen LogP contribution in [0, 0.1) is 28.4 Å². The third kappa shape index (κ3) is 4.34. The molecule has 1 aliphatic rings. The fraction of sp³-hybridized carbons (Fsp3) is 0.231. The van der Waals surface area contributed by atoms with Crippen LogP contribution in [-0.2, 0) is 13.0 Å². The Morgan fingerprint density at radius 2 is 1.92 bits per heavy atom. The summed E-state index contributed by atoms with van der Waals surface area (Å²) in [6.07, 6.45) is 0.519. The molecule has 0 amide bonds. The molecule has 0 spiro atoms. The number of nitrogens with zero attached hydrogens (tertiary/aromatic N) is 3. The largest absolute Gasteiger partial charge is 0.493 e. The standard InChI is InChI=1S/C26H24N4O6/c1-15-11-22-24(26(31)29(15)10-9-16-7-8-20(34-2)21(12-16)35-3)23(19(14-27)25(28)36-22)17-5-4-6-18(13-17)30(32)33/h4-8,11-13,23H,9-10,28H2,1-3H3. The van der Waals surface area contributed by atoms with E-state index in [2.05, 4.69) is 0 Å². The second-order valence-electron chi connectivity index (χ2n) is 8.24. The fourth-order valence-electron chi connectivity index (χ4n) is 4.39. The highest BCUT2D eigenvalue weighted by atomic mass is 16.6. The Balaban J connectivity index is 1.79. The summed E-state index contributed by atoms with van der Waals surface area (Å²) in [5.41, 5.74) is 7.72. The normalized spacial score (nSPS) is 14.4. The molecule has 1 unspecified atom stereocenters. The number of methoxy groups -OCH3 is 2. The van der Waals surface area contributed by atoms with Crippen LogP contribution in [0.2, 0.25) is 0 Å². The lowest BCUT2D eigenvalue weighted by molar-refractivity contribution is -0.384. The van der Waals surface area contributed by atoms with Crippen molar-refractivity contribution in [1.29, 1.82) is 5.26 Å². The van der Waals surface area contributed by atoms with E-state index in [0.717, 1.165) is 5.56 Å². The first-order valence-electron chi connectivity index (χ1n) is 11.1. The first-order valence-corrected chi connectivity index (χ1v) is 11.1. The van der Waals surface area contributed by atoms with Gasteiger partial charge in [0, 0.05) is 30.4 Å². The zero-order chi connectivity index (χ0) is 26.0. The minimum Gasteiger partial charge on any atom is -0.493 e. The van der Waals surface area contributed by atoms with Crippen LogP contribution in [0.15, 0.2) is 64.8 Å². The Bertz CT molecular complexity index is 1480. The number of nitrogens with two attached hydrogens (primary N) is 1. The maximum Gasteiger partial charge on any atom is 0.269 e. The van der Waals surface area contributed by atoms with E-state index in [-0.39, 0.29) is 34.0 Å². The van der Waals surface area contributed by atoms with Crippen molar-refractivity contribution in [3.05, 3.63) is 103 Å². The van der Waals surface area contributed by atoms with Gasteiger partial charge in [-0.15, -0.1) is 0 Å². The SMILES string of the molecule is COc1ccc(CCn2c(C)cc3c(c2=O)C(c2cccc([N+](=O)[O-])c2)C(C#N)=C(N)O3)cc1OC. The molecular formula is C26H24N4O6. The average molecular weight is 489 g/mol. The van der Waals surface area contributed by atoms with Gasteiger partial charge in [-0.05, 0) is 36.6 Å². The van der Waals surface area contributed by atoms with Gasteiger partial charge in [0.15, 0.2) is 11.5 Å². The molecule has 1 aliphatic heterocycles. The van der Waals surface area contributed by atoms with Crippen molar-refractivity contribution in [2.24, 2.45) is 5.73 Å². The van der Waals surface area contributed by atoms with Crippen molar-refractivity contribution in [3.8, 4) is 23.3 Å². The topological polar surface area (TPSA) is 143 Å². The number of allylic oxidation sites excluding steroid dienone is 1. The molecule has 3 aromatic rings. The van der Waals surface area contributed by atoms with Gasteiger partial charge in [0.2, 0.25) is 5.88 Å². The summed E-state index contributed by atoms with van der Waals surface area (Å²) < 4.78 is 17.9. The molecule has 0 aliphatic carbocycles. The predicted molar refractivity (Wildman–Crippen MR) is 131 cm³/mol. The van der Waals surface area contributed by atoms with Crippen LogP contribution in [0.1, 0.15) is 28.3 Å². The van der Waals surface area contributed by atoms with Crippen LogP contribution in [0.5, 0.6) is 17.2 Å². The third-order valence-electron chi connectivity index (χ3n) is 6.18. The predicted octanol–water partition coefficient (Wildman–Crippen LogP) is 3.54. The van der Waals surface area contributed by atoms with Crippen molar-refractivity contribution in [1.82, 2.24) is 4.57 Å². The van der Waals surface area contributed by atoms with Gasteiger partial charge in [-0.3, -0.25) is 14.9 Å². The van der Waals surface area contributed by atoms with E-state index in [9.17, 15) is 20.2 Å². The molecule has 184 valence electrons. The number of nitro groups is 1. The van der Waals surface area contributed by atoms with Gasteiger partial charge >= 0.3 is 0 Å². The zero-order valence-corrected chi connectivity index (χ0v) is 20.0. The number of hydrogen-bond donors (Lipinski definition) is 1. The second-order valence-corrected chi connectivity index (χ2v) is 8.24. The monoisotopic (exact) mass is 488 g/mol. The molecule has 0 bridgehead atoms. The van der Waals surface area contributed by atoms with E-state index in [4.69, 9.17) is 19.9 Å². The molecule has 0 radical (unpaired) electrons. The Labute approximate surface area is 206 Å². The molecule has 0 saturated carbocycles. The van der Waals surface area contributed by atoms with E-state index < -0.39 is 10.8 Å². The van der Waals surface area contributed by atoms with Crippen LogP contribution in [0.25, 0.3) is 0 Å². The number of aromatic nitrogens is 1. The number of nitro benzene ring substituents is 1. The van der Waals surface area contributed by atoms with Crippen molar-refractivity contribution in [2.45, 2.75) is 25.8 Å². The van der Waals surface area contributed by atoms with Gasteiger partial charge in [-0.25, -0.2) is 0 Å². The smallest absolute Gasteiger partial charge is 0.269 e. The lowest BCUT2D eigenvalue weighted by atomic mass is 9.84. The number of fused-ring (bicyclic) bond motifs is 1. The third-order valence-corrected chi connectivity index (χ3v) is 6.18. The maximum absolute atomic E-state index is 13.8. The molecule has 2 heterocycles. The summed E-state index contributed by atoms with van der Waals surface area (Å²) in [6.45, 7) is 2.12. The highest BCUT2D eigenvalue weighted by Crippen LogP contribution is 2.41. The molecule has 10 heteroatoms. The number of ether oxygens (including phenoxy) is 3. The van der Waals surface area contributed by atoms with Gasteiger partial charge in [-0.2, -0.15) is 5.26 Å². The quantitative estimate of drug-likeness (QED) is 0.393. The average Bonchev–Trinajstić information content (AvgIpc) is 2.87. The van der Waals surface area contributed by atoms with E-state index in [1.54, 1.807) is 43.9 Å². The first kappa shape index (κ1) is 24.3. The van der Waals surface area contributed by atoms with E-state index >= 15 is 0 Å². The van der Waals surface area contributed by atoms with E-state index in [0.29, 0.717) is 35.7 Å². The van der Waals surface area contributed by atoms with Gasteiger partial charge in [0.25, 0.3) is 11.2 Å². The van der Waals surface area contributed by atoms with Gasteiger partial charge in [0.1, 0.15) is 17.4 Å². The molecule has 10 nitrogen and oxygen atoms in total. The van der Waals surface area contributed by atoms with E-state index in [1.165, 1.54) is 18.2 Å². The van der Waals surface area contributed by atoms with E-state index in [1.807, 2.05) is 18.2 Å². The summed E-state index contributed by atoms with van der Waals surface area (Å²) in [5, 5.41) is 21.2. The van der Waals surface area contributed by atoms with Crippen LogP contribution >= 0.6 is 0 Å². The summed E-state index contributed by atoms with van der Waals surface area (Å²) >= 11 is 0. The maximum atomic E-state index is 13.8. The molecule has 1 atom stereocenters. The van der Waals surface area contributed by atoms with Crippen molar-refractivity contribution in [3.63, 3.8) is 0 Å². The summed E-state index contributed by atoms with van der Waals surface area (Å²) in [6, 6.07) is 15.1. The lowest BCUT2D eigenvalue weighted by Crippen LogP contribution is -2.33. The Kier molecular flexibility index (Phi) is 6.65. The Hall–Kier alpha value is -4.78. The van der Waals surface area contributed by atoms with Crippen molar-refractivity contribution < 1.29 is 19.1 Å². The van der Waals surface area contributed by atoms with Gasteiger partial charge < -0.3 is 24.5 Å². The number of hydrogen-bond acceptors (Lipinski definition) is 8. The van der Waals surface area contributed by atoms with Crippen LogP contribution < -0.4 is 25.5 Å². The van der Waals surface area contributed by atoms with Gasteiger partial charge in [-0.1, -0.05) is 18.2 Å². The molecule has 2 aromatic carbocycles. The minimum absolute atomic E-state index is 0.0235. The lowest BCUT2D eigenvalue weighted by Gasteiger charge is -2.27. The number of aryl methyl sites for hydroxylation is 2. The second kappa shape index (κ2) is 9.84. The molecule has 4 rings (SSSR count). The number of nitriles is 1. The summed E-state index contributed by atoms with van der Waals surface area (Å²) in [5.74, 6) is 0.381. The number of rotatable bonds is 7. The van der Waals surface area contributed by atoms with Gasteiger partial charge in [0.05, 0.1) is 30.6 Å². The minimum atomic E-state index is -0.904. The molecular weight excluding hydrogens is 464 g/mol. The van der Waals surface area contributed by atoms with Crippen LogP contribution in [0.3, 0.4) is 0 Å². The van der Waals surface area contributed by atoms with Crippen LogP contribution in [0.4, 0.5) is 5.69 Å². The van der Waals surface area contributed by atoms with Crippen molar-refractivity contribution in [2.75, 3.05) is 14.2 Å². The summed E-state index contributed by atoms with van der Waals surface area (Å²) in [7, 11) is 3.11. The molecule has 0 fully saturated rings. The zero-order valence-electron chi connectivity index (χ0n) is 20.0. The highest BCUT2D eigenvalue weighted by molar-refractivity contribution is 5.56. The number of benzene rings is 2. The Morgan fingerprint density at radius 3 is 2.58 bits per heavy atom. The summed E-state index contributed by atoms with van der Waals surface area (Å²) in [4.78, 5) is 24.6. The molecule has 2 N–H and O–H groups in total. The molecule has 0 saturated heterocycles. The molecule has 36 heavy (non-hydrogen) atoms. The number of pyridine rings is 1. The number of non-ortho nitro benzene ring substituents is 1. The molecule has 1 aromatic heterocycles. The van der Waals surface area contributed by atoms with Crippen molar-refractivity contribution >= 4 is 5.69 Å². The highest BCUT2D eigenvalue weighted by Gasteiger charge is 2.35. The Morgan fingerprint density at radius 1 is 1.17 bits per heavy atom. The fourth-order valence-corrected chi connectivity index (χ4v) is 4.39.